The van der Waals surface area contributed by atoms with Crippen molar-refractivity contribution < 1.29 is 14.7 Å². The highest BCUT2D eigenvalue weighted by Gasteiger charge is 2.07. The lowest BCUT2D eigenvalue weighted by Gasteiger charge is -2.07. The topological polar surface area (TPSA) is 105 Å². The van der Waals surface area contributed by atoms with Crippen molar-refractivity contribution in [3.8, 4) is 0 Å². The molecule has 1 aromatic rings. The van der Waals surface area contributed by atoms with Gasteiger partial charge in [0.1, 0.15) is 0 Å². The summed E-state index contributed by atoms with van der Waals surface area (Å²) < 4.78 is 0. The van der Waals surface area contributed by atoms with E-state index in [-0.39, 0.29) is 30.5 Å². The zero-order chi connectivity index (χ0) is 12.8. The summed E-state index contributed by atoms with van der Waals surface area (Å²) in [5.74, 6) is -1.20. The molecule has 0 radical (unpaired) electrons. The number of rotatable bonds is 5. The van der Waals surface area contributed by atoms with Gasteiger partial charge in [-0.15, -0.1) is 0 Å². The Hall–Kier alpha value is -1.95. The number of amides is 1. The van der Waals surface area contributed by atoms with Gasteiger partial charge in [0.25, 0.3) is 0 Å². The molecule has 17 heavy (non-hydrogen) atoms. The summed E-state index contributed by atoms with van der Waals surface area (Å²) in [5.41, 5.74) is 6.12. The van der Waals surface area contributed by atoms with Crippen LogP contribution in [0, 0.1) is 0 Å². The Morgan fingerprint density at radius 1 is 1.59 bits per heavy atom. The smallest absolute Gasteiger partial charge is 0.335 e. The van der Waals surface area contributed by atoms with Gasteiger partial charge in [-0.05, 0) is 19.1 Å². The Morgan fingerprint density at radius 3 is 2.88 bits per heavy atom. The van der Waals surface area contributed by atoms with Gasteiger partial charge in [0, 0.05) is 18.7 Å². The number of aromatic carboxylic acids is 1. The second-order valence-electron chi connectivity index (χ2n) is 3.80. The second-order valence-corrected chi connectivity index (χ2v) is 3.80. The van der Waals surface area contributed by atoms with Gasteiger partial charge in [0.2, 0.25) is 5.91 Å². The average molecular weight is 237 g/mol. The number of pyridine rings is 1. The number of aromatic nitrogens is 1. The highest BCUT2D eigenvalue weighted by Crippen LogP contribution is 2.01. The largest absolute Gasteiger partial charge is 0.478 e. The van der Waals surface area contributed by atoms with Crippen LogP contribution in [0.4, 0.5) is 0 Å². The van der Waals surface area contributed by atoms with E-state index in [1.807, 2.05) is 0 Å². The van der Waals surface area contributed by atoms with Crippen LogP contribution in [-0.2, 0) is 11.3 Å². The van der Waals surface area contributed by atoms with Gasteiger partial charge in [-0.3, -0.25) is 9.78 Å². The molecule has 1 amide bonds. The maximum absolute atomic E-state index is 11.3. The van der Waals surface area contributed by atoms with E-state index in [4.69, 9.17) is 10.8 Å². The van der Waals surface area contributed by atoms with Crippen molar-refractivity contribution in [2.45, 2.75) is 25.9 Å². The molecule has 0 aromatic carbocycles. The molecule has 1 atom stereocenters. The molecule has 1 unspecified atom stereocenters. The van der Waals surface area contributed by atoms with Gasteiger partial charge in [-0.1, -0.05) is 0 Å². The standard InChI is InChI=1S/C11H15N3O3/c1-7(12)4-10(15)14-6-9-5-8(11(16)17)2-3-13-9/h2-3,5,7H,4,6,12H2,1H3,(H,14,15)(H,16,17). The molecule has 0 bridgehead atoms. The Kier molecular flexibility index (Phi) is 4.59. The molecule has 0 fully saturated rings. The lowest BCUT2D eigenvalue weighted by Crippen LogP contribution is -2.29. The van der Waals surface area contributed by atoms with Crippen molar-refractivity contribution >= 4 is 11.9 Å². The van der Waals surface area contributed by atoms with E-state index in [1.165, 1.54) is 18.3 Å². The third kappa shape index (κ3) is 4.60. The van der Waals surface area contributed by atoms with E-state index in [0.717, 1.165) is 0 Å². The lowest BCUT2D eigenvalue weighted by atomic mass is 10.2. The predicted octanol–water partition coefficient (Wildman–Crippen LogP) is 0.133. The number of carbonyl (C=O) groups excluding carboxylic acids is 1. The predicted molar refractivity (Wildman–Crippen MR) is 61.3 cm³/mol. The van der Waals surface area contributed by atoms with Gasteiger partial charge in [-0.2, -0.15) is 0 Å². The minimum absolute atomic E-state index is 0.149. The van der Waals surface area contributed by atoms with Gasteiger partial charge in [-0.25, -0.2) is 4.79 Å². The number of hydrogen-bond acceptors (Lipinski definition) is 4. The van der Waals surface area contributed by atoms with Crippen LogP contribution in [0.3, 0.4) is 0 Å². The molecular formula is C11H15N3O3. The normalized spacial score (nSPS) is 11.9. The highest BCUT2D eigenvalue weighted by atomic mass is 16.4. The SMILES string of the molecule is CC(N)CC(=O)NCc1cc(C(=O)O)ccn1. The summed E-state index contributed by atoms with van der Waals surface area (Å²) in [6, 6.07) is 2.62. The first kappa shape index (κ1) is 13.1. The third-order valence-electron chi connectivity index (χ3n) is 2.04. The first-order valence-electron chi connectivity index (χ1n) is 5.19. The van der Waals surface area contributed by atoms with Gasteiger partial charge in [0.05, 0.1) is 17.8 Å². The number of carboxylic acids is 1. The zero-order valence-corrected chi connectivity index (χ0v) is 9.51. The lowest BCUT2D eigenvalue weighted by molar-refractivity contribution is -0.121. The fraction of sp³-hybridized carbons (Fsp3) is 0.364. The molecule has 0 saturated carbocycles. The van der Waals surface area contributed by atoms with Crippen molar-refractivity contribution in [3.63, 3.8) is 0 Å². The summed E-state index contributed by atoms with van der Waals surface area (Å²) in [4.78, 5) is 26.0. The van der Waals surface area contributed by atoms with Crippen LogP contribution < -0.4 is 11.1 Å². The van der Waals surface area contributed by atoms with Gasteiger partial charge >= 0.3 is 5.97 Å². The molecule has 92 valence electrons. The fourth-order valence-corrected chi connectivity index (χ4v) is 1.26. The van der Waals surface area contributed by atoms with Crippen molar-refractivity contribution in [2.75, 3.05) is 0 Å². The van der Waals surface area contributed by atoms with Crippen molar-refractivity contribution in [2.24, 2.45) is 5.73 Å². The van der Waals surface area contributed by atoms with Crippen LogP contribution >= 0.6 is 0 Å². The monoisotopic (exact) mass is 237 g/mol. The summed E-state index contributed by atoms with van der Waals surface area (Å²) in [5, 5.41) is 11.4. The Balaban J connectivity index is 2.54. The molecule has 6 heteroatoms. The fourth-order valence-electron chi connectivity index (χ4n) is 1.26. The Morgan fingerprint density at radius 2 is 2.29 bits per heavy atom. The summed E-state index contributed by atoms with van der Waals surface area (Å²) >= 11 is 0. The van der Waals surface area contributed by atoms with E-state index in [1.54, 1.807) is 6.92 Å². The van der Waals surface area contributed by atoms with Crippen LogP contribution in [0.15, 0.2) is 18.3 Å². The van der Waals surface area contributed by atoms with Crippen LogP contribution in [0.2, 0.25) is 0 Å². The van der Waals surface area contributed by atoms with Crippen molar-refractivity contribution in [1.82, 2.24) is 10.3 Å². The van der Waals surface area contributed by atoms with Crippen LogP contribution in [0.25, 0.3) is 0 Å². The minimum atomic E-state index is -1.02. The number of nitrogens with one attached hydrogen (secondary N) is 1. The van der Waals surface area contributed by atoms with Crippen molar-refractivity contribution in [1.29, 1.82) is 0 Å². The molecule has 0 aliphatic heterocycles. The number of nitrogens with zero attached hydrogens (tertiary/aromatic N) is 1. The first-order chi connectivity index (χ1) is 7.99. The molecule has 1 heterocycles. The van der Waals surface area contributed by atoms with Crippen LogP contribution in [0.1, 0.15) is 29.4 Å². The number of carbonyl (C=O) groups is 2. The zero-order valence-electron chi connectivity index (χ0n) is 9.51. The first-order valence-corrected chi connectivity index (χ1v) is 5.19. The number of nitrogens with two attached hydrogens (primary N) is 1. The molecule has 6 nitrogen and oxygen atoms in total. The van der Waals surface area contributed by atoms with Crippen LogP contribution in [0.5, 0.6) is 0 Å². The van der Waals surface area contributed by atoms with E-state index in [9.17, 15) is 9.59 Å². The summed E-state index contributed by atoms with van der Waals surface area (Å²) in [6.07, 6.45) is 1.63. The third-order valence-corrected chi connectivity index (χ3v) is 2.04. The molecule has 0 spiro atoms. The molecule has 0 saturated heterocycles. The average Bonchev–Trinajstić information content (AvgIpc) is 2.26. The molecule has 1 aromatic heterocycles. The molecule has 0 aliphatic rings. The number of carboxylic acid groups (broad SMARTS) is 1. The summed E-state index contributed by atoms with van der Waals surface area (Å²) in [7, 11) is 0. The maximum atomic E-state index is 11.3. The van der Waals surface area contributed by atoms with Gasteiger partial charge in [0.15, 0.2) is 0 Å². The Labute approximate surface area is 98.8 Å². The van der Waals surface area contributed by atoms with Gasteiger partial charge < -0.3 is 16.2 Å². The van der Waals surface area contributed by atoms with E-state index in [2.05, 4.69) is 10.3 Å². The van der Waals surface area contributed by atoms with E-state index in [0.29, 0.717) is 5.69 Å². The highest BCUT2D eigenvalue weighted by molar-refractivity contribution is 5.87. The quantitative estimate of drug-likeness (QED) is 0.675. The molecule has 0 aliphatic carbocycles. The van der Waals surface area contributed by atoms with Crippen molar-refractivity contribution in [3.05, 3.63) is 29.6 Å². The second kappa shape index (κ2) is 5.95. The number of hydrogen-bond donors (Lipinski definition) is 3. The maximum Gasteiger partial charge on any atom is 0.335 e. The molecular weight excluding hydrogens is 222 g/mol. The molecule has 4 N–H and O–H groups in total. The van der Waals surface area contributed by atoms with Crippen LogP contribution in [-0.4, -0.2) is 28.0 Å². The Bertz CT molecular complexity index is 418. The minimum Gasteiger partial charge on any atom is -0.478 e. The molecule has 1 rings (SSSR count). The summed E-state index contributed by atoms with van der Waals surface area (Å²) in [6.45, 7) is 1.94. The van der Waals surface area contributed by atoms with E-state index < -0.39 is 5.97 Å². The van der Waals surface area contributed by atoms with E-state index >= 15 is 0 Å².